The van der Waals surface area contributed by atoms with Crippen molar-refractivity contribution in [3.63, 3.8) is 0 Å². The van der Waals surface area contributed by atoms with Crippen LogP contribution >= 0.6 is 15.9 Å². The van der Waals surface area contributed by atoms with Gasteiger partial charge in [-0.2, -0.15) is 0 Å². The molecule has 1 atom stereocenters. The van der Waals surface area contributed by atoms with E-state index in [0.29, 0.717) is 0 Å². The van der Waals surface area contributed by atoms with Crippen molar-refractivity contribution in [3.8, 4) is 0 Å². The van der Waals surface area contributed by atoms with E-state index >= 15 is 0 Å². The molecule has 14 heavy (non-hydrogen) atoms. The van der Waals surface area contributed by atoms with Gasteiger partial charge in [0.1, 0.15) is 5.78 Å². The van der Waals surface area contributed by atoms with Crippen LogP contribution in [0.3, 0.4) is 0 Å². The lowest BCUT2D eigenvalue weighted by atomic mass is 10.0. The maximum atomic E-state index is 11.1. The van der Waals surface area contributed by atoms with Gasteiger partial charge in [-0.1, -0.05) is 53.5 Å². The van der Waals surface area contributed by atoms with Gasteiger partial charge in [0.2, 0.25) is 0 Å². The maximum Gasteiger partial charge on any atom is 0.147 e. The molecule has 0 N–H and O–H groups in total. The van der Waals surface area contributed by atoms with Gasteiger partial charge in [-0.25, -0.2) is 0 Å². The molecule has 0 saturated carbocycles. The van der Waals surface area contributed by atoms with Crippen LogP contribution in [0.25, 0.3) is 0 Å². The van der Waals surface area contributed by atoms with E-state index in [9.17, 15) is 4.79 Å². The van der Waals surface area contributed by atoms with Gasteiger partial charge in [-0.05, 0) is 24.5 Å². The predicted octanol–water partition coefficient (Wildman–Crippen LogP) is 3.66. The summed E-state index contributed by atoms with van der Waals surface area (Å²) in [7, 11) is 0. The van der Waals surface area contributed by atoms with E-state index in [1.165, 1.54) is 5.56 Å². The number of carbonyl (C=O) groups excluding carboxylic acids is 1. The van der Waals surface area contributed by atoms with Crippen molar-refractivity contribution in [2.24, 2.45) is 0 Å². The Balaban J connectivity index is 2.77. The summed E-state index contributed by atoms with van der Waals surface area (Å²) >= 11 is 3.36. The number of hydrogen-bond acceptors (Lipinski definition) is 1. The minimum atomic E-state index is -0.154. The monoisotopic (exact) mass is 254 g/mol. The van der Waals surface area contributed by atoms with Gasteiger partial charge in [-0.15, -0.1) is 0 Å². The van der Waals surface area contributed by atoms with Crippen LogP contribution < -0.4 is 0 Å². The zero-order chi connectivity index (χ0) is 10.6. The fourth-order valence-electron chi connectivity index (χ4n) is 1.38. The number of rotatable bonds is 4. The summed E-state index contributed by atoms with van der Waals surface area (Å²) in [6, 6.07) is 8.23. The third-order valence-electron chi connectivity index (χ3n) is 2.17. The molecule has 1 aromatic rings. The molecule has 1 nitrogen and oxygen atoms in total. The number of halogens is 1. The normalized spacial score (nSPS) is 12.5. The number of carbonyl (C=O) groups is 1. The summed E-state index contributed by atoms with van der Waals surface area (Å²) in [6.45, 7) is 3.76. The summed E-state index contributed by atoms with van der Waals surface area (Å²) in [5.74, 6) is 0.147. The predicted molar refractivity (Wildman–Crippen MR) is 62.8 cm³/mol. The summed E-state index contributed by atoms with van der Waals surface area (Å²) in [5, 5.41) is 0. The third-order valence-corrected chi connectivity index (χ3v) is 3.34. The molecule has 0 aliphatic heterocycles. The Kier molecular flexibility index (Phi) is 4.33. The van der Waals surface area contributed by atoms with Gasteiger partial charge in [-0.3, -0.25) is 4.79 Å². The average molecular weight is 255 g/mol. The topological polar surface area (TPSA) is 17.1 Å². The highest BCUT2D eigenvalue weighted by Gasteiger charge is 2.11. The van der Waals surface area contributed by atoms with Crippen LogP contribution in [0.4, 0.5) is 0 Å². The molecule has 0 aromatic heterocycles. The van der Waals surface area contributed by atoms with E-state index in [1.54, 1.807) is 6.92 Å². The Bertz CT molecular complexity index is 303. The van der Waals surface area contributed by atoms with Crippen LogP contribution in [0.5, 0.6) is 0 Å². The number of benzene rings is 1. The lowest BCUT2D eigenvalue weighted by molar-refractivity contribution is -0.116. The van der Waals surface area contributed by atoms with Crippen molar-refractivity contribution in [2.45, 2.75) is 31.5 Å². The fourth-order valence-corrected chi connectivity index (χ4v) is 1.68. The van der Waals surface area contributed by atoms with Crippen LogP contribution in [-0.2, 0) is 11.2 Å². The van der Waals surface area contributed by atoms with Crippen LogP contribution in [0.1, 0.15) is 36.2 Å². The number of hydrogen-bond donors (Lipinski definition) is 0. The zero-order valence-corrected chi connectivity index (χ0v) is 10.2. The molecule has 0 spiro atoms. The minimum Gasteiger partial charge on any atom is -0.298 e. The van der Waals surface area contributed by atoms with Gasteiger partial charge in [0.25, 0.3) is 0 Å². The molecule has 0 heterocycles. The molecule has 0 aliphatic rings. The number of ketones is 1. The summed E-state index contributed by atoms with van der Waals surface area (Å²) in [6.07, 6.45) is 2.26. The smallest absolute Gasteiger partial charge is 0.147 e. The summed E-state index contributed by atoms with van der Waals surface area (Å²) in [4.78, 5) is 11.0. The quantitative estimate of drug-likeness (QED) is 0.750. The molecule has 1 aromatic carbocycles. The van der Waals surface area contributed by atoms with Gasteiger partial charge in [0.05, 0.1) is 4.83 Å². The molecule has 0 fully saturated rings. The number of alkyl halides is 1. The Morgan fingerprint density at radius 1 is 1.36 bits per heavy atom. The molecule has 0 saturated heterocycles. The van der Waals surface area contributed by atoms with Crippen LogP contribution in [0.2, 0.25) is 0 Å². The zero-order valence-electron chi connectivity index (χ0n) is 8.59. The van der Waals surface area contributed by atoms with Crippen molar-refractivity contribution in [1.29, 1.82) is 0 Å². The molecular formula is C12H15BrO. The van der Waals surface area contributed by atoms with Crippen molar-refractivity contribution in [3.05, 3.63) is 35.4 Å². The van der Waals surface area contributed by atoms with E-state index < -0.39 is 0 Å². The Morgan fingerprint density at radius 3 is 2.36 bits per heavy atom. The lowest BCUT2D eigenvalue weighted by Crippen LogP contribution is -2.00. The summed E-state index contributed by atoms with van der Waals surface area (Å²) < 4.78 is 0. The number of Topliss-reactive ketones (excluding diaryl/α,β-unsaturated/α-hetero) is 1. The number of aryl methyl sites for hydroxylation is 1. The highest BCUT2D eigenvalue weighted by Crippen LogP contribution is 2.23. The molecule has 2 heteroatoms. The van der Waals surface area contributed by atoms with Crippen molar-refractivity contribution < 1.29 is 4.79 Å². The standard InChI is InChI=1S/C12H15BrO/c1-3-4-10-5-7-11(8-6-10)12(13)9(2)14/h5-8,12H,3-4H2,1-2H3. The molecule has 0 bridgehead atoms. The average Bonchev–Trinajstić information content (AvgIpc) is 2.18. The second-order valence-electron chi connectivity index (χ2n) is 3.46. The Hall–Kier alpha value is -0.630. The first-order valence-corrected chi connectivity index (χ1v) is 5.80. The molecule has 76 valence electrons. The molecular weight excluding hydrogens is 240 g/mol. The first-order valence-electron chi connectivity index (χ1n) is 4.88. The second-order valence-corrected chi connectivity index (χ2v) is 4.38. The lowest BCUT2D eigenvalue weighted by Gasteiger charge is -2.06. The van der Waals surface area contributed by atoms with Crippen molar-refractivity contribution >= 4 is 21.7 Å². The molecule has 0 aliphatic carbocycles. The fraction of sp³-hybridized carbons (Fsp3) is 0.417. The first kappa shape index (κ1) is 11.4. The van der Waals surface area contributed by atoms with E-state index in [1.807, 2.05) is 12.1 Å². The van der Waals surface area contributed by atoms with E-state index in [-0.39, 0.29) is 10.6 Å². The van der Waals surface area contributed by atoms with E-state index in [4.69, 9.17) is 0 Å². The highest BCUT2D eigenvalue weighted by molar-refractivity contribution is 9.09. The van der Waals surface area contributed by atoms with Crippen molar-refractivity contribution in [1.82, 2.24) is 0 Å². The van der Waals surface area contributed by atoms with Crippen molar-refractivity contribution in [2.75, 3.05) is 0 Å². The third kappa shape index (κ3) is 2.95. The molecule has 1 rings (SSSR count). The molecule has 0 radical (unpaired) electrons. The van der Waals surface area contributed by atoms with Crippen LogP contribution in [0.15, 0.2) is 24.3 Å². The molecule has 0 amide bonds. The molecule has 1 unspecified atom stereocenters. The summed E-state index contributed by atoms with van der Waals surface area (Å²) in [5.41, 5.74) is 2.37. The highest BCUT2D eigenvalue weighted by atomic mass is 79.9. The van der Waals surface area contributed by atoms with Gasteiger partial charge < -0.3 is 0 Å². The van der Waals surface area contributed by atoms with Crippen LogP contribution in [-0.4, -0.2) is 5.78 Å². The second kappa shape index (κ2) is 5.30. The maximum absolute atomic E-state index is 11.1. The SMILES string of the molecule is CCCc1ccc(C(Br)C(C)=O)cc1. The van der Waals surface area contributed by atoms with Gasteiger partial charge in [0.15, 0.2) is 0 Å². The Labute approximate surface area is 93.7 Å². The Morgan fingerprint density at radius 2 is 1.93 bits per heavy atom. The van der Waals surface area contributed by atoms with Crippen LogP contribution in [0, 0.1) is 0 Å². The van der Waals surface area contributed by atoms with Gasteiger partial charge >= 0.3 is 0 Å². The first-order chi connectivity index (χ1) is 6.65. The van der Waals surface area contributed by atoms with Gasteiger partial charge in [0, 0.05) is 0 Å². The minimum absolute atomic E-state index is 0.147. The van der Waals surface area contributed by atoms with E-state index in [2.05, 4.69) is 35.0 Å². The van der Waals surface area contributed by atoms with E-state index in [0.717, 1.165) is 18.4 Å². The largest absolute Gasteiger partial charge is 0.298 e.